The van der Waals surface area contributed by atoms with Crippen LogP contribution < -0.4 is 29.6 Å². The van der Waals surface area contributed by atoms with E-state index >= 15 is 0 Å². The average Bonchev–Trinajstić information content (AvgIpc) is 2.37. The molecule has 0 saturated carbocycles. The van der Waals surface area contributed by atoms with Crippen molar-refractivity contribution in [3.63, 3.8) is 0 Å². The molecule has 2 aromatic carbocycles. The Hall–Kier alpha value is -0.910. The van der Waals surface area contributed by atoms with Gasteiger partial charge in [0.05, 0.1) is 0 Å². The zero-order chi connectivity index (χ0) is 13.0. The maximum absolute atomic E-state index is 11.0. The summed E-state index contributed by atoms with van der Waals surface area (Å²) in [6, 6.07) is 17.9. The van der Waals surface area contributed by atoms with Crippen molar-refractivity contribution in [1.29, 1.82) is 0 Å². The van der Waals surface area contributed by atoms with Crippen LogP contribution in [0.3, 0.4) is 0 Å². The van der Waals surface area contributed by atoms with E-state index in [9.17, 15) is 13.0 Å². The fourth-order valence-corrected chi connectivity index (χ4v) is 2.24. The number of hydrogen-bond acceptors (Lipinski definition) is 3. The normalized spacial score (nSPS) is 10.4. The van der Waals surface area contributed by atoms with Gasteiger partial charge < -0.3 is 4.55 Å². The third kappa shape index (κ3) is 4.93. The summed E-state index contributed by atoms with van der Waals surface area (Å²) < 4.78 is 32.9. The zero-order valence-corrected chi connectivity index (χ0v) is 13.3. The van der Waals surface area contributed by atoms with E-state index < -0.39 is 10.1 Å². The maximum Gasteiger partial charge on any atom is 1.00 e. The van der Waals surface area contributed by atoms with Gasteiger partial charge in [0.1, 0.15) is 10.1 Å². The van der Waals surface area contributed by atoms with Gasteiger partial charge in [0, 0.05) is 5.41 Å². The number of rotatable bonds is 3. The minimum Gasteiger partial charge on any atom is -0.744 e. The minimum absolute atomic E-state index is 0. The Morgan fingerprint density at radius 3 is 1.53 bits per heavy atom. The molecular weight excluding hydrogens is 271 g/mol. The molecule has 0 aromatic heterocycles. The zero-order valence-electron chi connectivity index (χ0n) is 10.5. The molecule has 0 spiro atoms. The summed E-state index contributed by atoms with van der Waals surface area (Å²) in [7, 11) is -4.43. The molecule has 0 amide bonds. The van der Waals surface area contributed by atoms with Crippen LogP contribution in [0.2, 0.25) is 0 Å². The van der Waals surface area contributed by atoms with Gasteiger partial charge in [-0.2, -0.15) is 0 Å². The molecule has 19 heavy (non-hydrogen) atoms. The maximum atomic E-state index is 11.0. The van der Waals surface area contributed by atoms with Crippen molar-refractivity contribution in [3.8, 4) is 0 Å². The third-order valence-corrected chi connectivity index (χ3v) is 2.96. The molecule has 5 heteroatoms. The molecule has 2 rings (SSSR count). The molecule has 0 fully saturated rings. The third-order valence-electron chi connectivity index (χ3n) is 2.43. The van der Waals surface area contributed by atoms with E-state index in [0.717, 1.165) is 5.41 Å². The number of benzene rings is 2. The summed E-state index contributed by atoms with van der Waals surface area (Å²) in [6.07, 6.45) is 0. The summed E-state index contributed by atoms with van der Waals surface area (Å²) in [5.41, 5.74) is 1.80. The second-order valence-electron chi connectivity index (χ2n) is 3.76. The predicted octanol–water partition coefficient (Wildman–Crippen LogP) is -0.375. The van der Waals surface area contributed by atoms with Gasteiger partial charge in [-0.15, -0.1) is 0 Å². The quantitative estimate of drug-likeness (QED) is 0.570. The van der Waals surface area contributed by atoms with Crippen molar-refractivity contribution in [2.75, 3.05) is 0 Å². The fourth-order valence-electron chi connectivity index (χ4n) is 1.68. The molecule has 3 nitrogen and oxygen atoms in total. The molecule has 0 radical (unpaired) electrons. The van der Waals surface area contributed by atoms with Gasteiger partial charge in [-0.1, -0.05) is 60.7 Å². The minimum atomic E-state index is -4.43. The van der Waals surface area contributed by atoms with Gasteiger partial charge in [-0.05, 0) is 16.7 Å². The molecule has 0 aliphatic carbocycles. The standard InChI is InChI=1S/C14H12O3S.Na/c15-18(16,17)11-14(12-7-3-1-4-8-12)13-9-5-2-6-10-13;/h1-11H,(H,15,16,17);/q;+1/p-1. The van der Waals surface area contributed by atoms with E-state index in [4.69, 9.17) is 0 Å². The van der Waals surface area contributed by atoms with Crippen LogP contribution in [0.1, 0.15) is 11.1 Å². The van der Waals surface area contributed by atoms with Gasteiger partial charge in [0.25, 0.3) is 0 Å². The average molecular weight is 282 g/mol. The molecule has 0 saturated heterocycles. The van der Waals surface area contributed by atoms with E-state index in [2.05, 4.69) is 0 Å². The van der Waals surface area contributed by atoms with Crippen LogP contribution in [-0.2, 0) is 10.1 Å². The van der Waals surface area contributed by atoms with Crippen molar-refractivity contribution in [1.82, 2.24) is 0 Å². The van der Waals surface area contributed by atoms with Crippen LogP contribution in [0.5, 0.6) is 0 Å². The molecule has 2 aromatic rings. The van der Waals surface area contributed by atoms with Crippen molar-refractivity contribution >= 4 is 15.7 Å². The smallest absolute Gasteiger partial charge is 0.744 e. The molecule has 0 aliphatic rings. The fraction of sp³-hybridized carbons (Fsp3) is 0. The van der Waals surface area contributed by atoms with E-state index in [0.29, 0.717) is 16.7 Å². The van der Waals surface area contributed by atoms with Crippen LogP contribution in [0.15, 0.2) is 66.1 Å². The summed E-state index contributed by atoms with van der Waals surface area (Å²) in [5, 5.41) is 0.762. The summed E-state index contributed by atoms with van der Waals surface area (Å²) in [4.78, 5) is 0. The predicted molar refractivity (Wildman–Crippen MR) is 69.7 cm³/mol. The monoisotopic (exact) mass is 282 g/mol. The first-order valence-electron chi connectivity index (χ1n) is 5.35. The van der Waals surface area contributed by atoms with Crippen LogP contribution >= 0.6 is 0 Å². The Labute approximate surface area is 135 Å². The van der Waals surface area contributed by atoms with Gasteiger partial charge in [-0.3, -0.25) is 0 Å². The Kier molecular flexibility index (Phi) is 5.97. The second kappa shape index (κ2) is 7.03. The molecule has 0 N–H and O–H groups in total. The van der Waals surface area contributed by atoms with Gasteiger partial charge in [-0.25, -0.2) is 8.42 Å². The Morgan fingerprint density at radius 2 is 1.21 bits per heavy atom. The Balaban J connectivity index is 0.00000180. The van der Waals surface area contributed by atoms with Gasteiger partial charge in [0.2, 0.25) is 0 Å². The second-order valence-corrected chi connectivity index (χ2v) is 4.98. The summed E-state index contributed by atoms with van der Waals surface area (Å²) >= 11 is 0. The molecule has 0 bridgehead atoms. The molecule has 0 unspecified atom stereocenters. The number of hydrogen-bond donors (Lipinski definition) is 0. The van der Waals surface area contributed by atoms with Gasteiger partial charge >= 0.3 is 29.6 Å². The Morgan fingerprint density at radius 1 is 0.842 bits per heavy atom. The Bertz CT molecular complexity index is 608. The van der Waals surface area contributed by atoms with Crippen LogP contribution in [0, 0.1) is 0 Å². The SMILES string of the molecule is O=S(=O)([O-])C=C(c1ccccc1)c1ccccc1.[Na+]. The molecule has 92 valence electrons. The van der Waals surface area contributed by atoms with Crippen molar-refractivity contribution in [2.24, 2.45) is 0 Å². The van der Waals surface area contributed by atoms with E-state index in [1.54, 1.807) is 48.5 Å². The first kappa shape index (κ1) is 16.1. The van der Waals surface area contributed by atoms with Crippen LogP contribution in [-0.4, -0.2) is 13.0 Å². The van der Waals surface area contributed by atoms with E-state index in [1.165, 1.54) is 0 Å². The first-order valence-corrected chi connectivity index (χ1v) is 6.82. The van der Waals surface area contributed by atoms with E-state index in [-0.39, 0.29) is 29.6 Å². The summed E-state index contributed by atoms with van der Waals surface area (Å²) in [6.45, 7) is 0. The largest absolute Gasteiger partial charge is 1.00 e. The first-order chi connectivity index (χ1) is 8.56. The molecule has 0 aliphatic heterocycles. The van der Waals surface area contributed by atoms with Crippen LogP contribution in [0.25, 0.3) is 5.57 Å². The van der Waals surface area contributed by atoms with Gasteiger partial charge in [0.15, 0.2) is 0 Å². The van der Waals surface area contributed by atoms with Crippen LogP contribution in [0.4, 0.5) is 0 Å². The van der Waals surface area contributed by atoms with Crippen molar-refractivity contribution in [3.05, 3.63) is 77.2 Å². The van der Waals surface area contributed by atoms with Crippen molar-refractivity contribution < 1.29 is 42.5 Å². The molecule has 0 heterocycles. The topological polar surface area (TPSA) is 57.2 Å². The van der Waals surface area contributed by atoms with E-state index in [1.807, 2.05) is 12.1 Å². The molecule has 0 atom stereocenters. The summed E-state index contributed by atoms with van der Waals surface area (Å²) in [5.74, 6) is 0. The molecular formula is C14H11NaO3S. The van der Waals surface area contributed by atoms with Crippen molar-refractivity contribution in [2.45, 2.75) is 0 Å².